The van der Waals surface area contributed by atoms with Gasteiger partial charge in [-0.2, -0.15) is 0 Å². The minimum Gasteiger partial charge on any atom is -0.376 e. The summed E-state index contributed by atoms with van der Waals surface area (Å²) in [6.45, 7) is 5.55. The Bertz CT molecular complexity index is 759. The molecule has 1 unspecified atom stereocenters. The maximum atomic E-state index is 12.4. The van der Waals surface area contributed by atoms with E-state index in [2.05, 4.69) is 10.3 Å². The van der Waals surface area contributed by atoms with Gasteiger partial charge in [-0.3, -0.25) is 14.2 Å². The van der Waals surface area contributed by atoms with Gasteiger partial charge in [0.1, 0.15) is 4.83 Å². The number of nitrogens with zero attached hydrogens (tertiary/aromatic N) is 2. The van der Waals surface area contributed by atoms with Gasteiger partial charge in [-0.15, -0.1) is 11.3 Å². The third-order valence-electron chi connectivity index (χ3n) is 3.98. The molecule has 1 aliphatic rings. The highest BCUT2D eigenvalue weighted by Gasteiger charge is 2.21. The Balaban J connectivity index is 1.87. The third-order valence-corrected chi connectivity index (χ3v) is 5.18. The van der Waals surface area contributed by atoms with E-state index in [-0.39, 0.29) is 17.6 Å². The molecule has 1 amide bonds. The predicted octanol–water partition coefficient (Wildman–Crippen LogP) is 1.70. The van der Waals surface area contributed by atoms with E-state index in [0.29, 0.717) is 33.7 Å². The van der Waals surface area contributed by atoms with Crippen molar-refractivity contribution >= 4 is 27.5 Å². The van der Waals surface area contributed by atoms with Crippen molar-refractivity contribution in [3.8, 4) is 0 Å². The number of rotatable bonds is 4. The van der Waals surface area contributed by atoms with Gasteiger partial charge in [-0.25, -0.2) is 4.98 Å². The van der Waals surface area contributed by atoms with Crippen LogP contribution in [0, 0.1) is 6.92 Å². The molecule has 2 aromatic heterocycles. The van der Waals surface area contributed by atoms with Crippen LogP contribution in [0.15, 0.2) is 11.1 Å². The van der Waals surface area contributed by atoms with Crippen molar-refractivity contribution in [2.45, 2.75) is 39.3 Å². The summed E-state index contributed by atoms with van der Waals surface area (Å²) in [6, 6.07) is 0. The molecular weight excluding hydrogens is 302 g/mol. The monoisotopic (exact) mass is 321 g/mol. The molecule has 0 radical (unpaired) electrons. The molecule has 118 valence electrons. The zero-order chi connectivity index (χ0) is 15.7. The largest absolute Gasteiger partial charge is 0.376 e. The molecule has 3 rings (SSSR count). The van der Waals surface area contributed by atoms with Crippen molar-refractivity contribution in [1.29, 1.82) is 0 Å². The lowest BCUT2D eigenvalue weighted by Crippen LogP contribution is -2.31. The van der Waals surface area contributed by atoms with E-state index in [1.165, 1.54) is 17.7 Å². The van der Waals surface area contributed by atoms with Crippen LogP contribution in [-0.2, 0) is 11.3 Å². The van der Waals surface area contributed by atoms with E-state index in [1.807, 2.05) is 13.8 Å². The Labute approximate surface area is 132 Å². The van der Waals surface area contributed by atoms with Gasteiger partial charge in [0, 0.05) is 19.7 Å². The number of carbonyl (C=O) groups is 1. The number of hydrogen-bond donors (Lipinski definition) is 1. The van der Waals surface area contributed by atoms with Crippen LogP contribution in [0.4, 0.5) is 0 Å². The second-order valence-electron chi connectivity index (χ2n) is 5.42. The number of ether oxygens (including phenoxy) is 1. The number of carbonyl (C=O) groups excluding carboxylic acids is 1. The molecule has 1 atom stereocenters. The van der Waals surface area contributed by atoms with Gasteiger partial charge in [-0.05, 0) is 32.3 Å². The van der Waals surface area contributed by atoms with Gasteiger partial charge in [0.05, 0.1) is 22.7 Å². The molecule has 1 fully saturated rings. The first-order valence-corrected chi connectivity index (χ1v) is 8.31. The van der Waals surface area contributed by atoms with Crippen LogP contribution in [0.3, 0.4) is 0 Å². The number of thiophene rings is 1. The van der Waals surface area contributed by atoms with E-state index in [0.717, 1.165) is 19.4 Å². The fourth-order valence-corrected chi connectivity index (χ4v) is 3.75. The number of aryl methyl sites for hydroxylation is 2. The highest BCUT2D eigenvalue weighted by atomic mass is 32.1. The third kappa shape index (κ3) is 2.66. The van der Waals surface area contributed by atoms with Gasteiger partial charge in [0.25, 0.3) is 11.5 Å². The van der Waals surface area contributed by atoms with Gasteiger partial charge >= 0.3 is 0 Å². The first-order chi connectivity index (χ1) is 10.6. The Morgan fingerprint density at radius 3 is 3.09 bits per heavy atom. The Hall–Kier alpha value is -1.73. The SMILES string of the molecule is CCn1cnc2sc(C(=O)NCC3CCCO3)c(C)c2c1=O. The van der Waals surface area contributed by atoms with E-state index in [4.69, 9.17) is 4.74 Å². The molecule has 0 bridgehead atoms. The zero-order valence-electron chi connectivity index (χ0n) is 12.7. The number of amides is 1. The topological polar surface area (TPSA) is 73.2 Å². The highest BCUT2D eigenvalue weighted by Crippen LogP contribution is 2.26. The molecule has 0 saturated carbocycles. The summed E-state index contributed by atoms with van der Waals surface area (Å²) < 4.78 is 7.05. The molecule has 7 heteroatoms. The van der Waals surface area contributed by atoms with Gasteiger partial charge in [0.2, 0.25) is 0 Å². The van der Waals surface area contributed by atoms with Crippen LogP contribution in [0.5, 0.6) is 0 Å². The van der Waals surface area contributed by atoms with E-state index in [9.17, 15) is 9.59 Å². The molecule has 22 heavy (non-hydrogen) atoms. The summed E-state index contributed by atoms with van der Waals surface area (Å²) in [7, 11) is 0. The summed E-state index contributed by atoms with van der Waals surface area (Å²) in [5.41, 5.74) is 0.629. The zero-order valence-corrected chi connectivity index (χ0v) is 13.5. The van der Waals surface area contributed by atoms with Gasteiger partial charge < -0.3 is 10.1 Å². The maximum absolute atomic E-state index is 12.4. The summed E-state index contributed by atoms with van der Waals surface area (Å²) in [5.74, 6) is -0.154. The molecule has 1 saturated heterocycles. The van der Waals surface area contributed by atoms with Crippen LogP contribution in [0.1, 0.15) is 35.0 Å². The lowest BCUT2D eigenvalue weighted by atomic mass is 10.2. The van der Waals surface area contributed by atoms with Crippen molar-refractivity contribution in [3.05, 3.63) is 27.1 Å². The summed E-state index contributed by atoms with van der Waals surface area (Å²) in [6.07, 6.45) is 3.67. The molecule has 1 aliphatic heterocycles. The molecular formula is C15H19N3O3S. The van der Waals surface area contributed by atoms with Crippen molar-refractivity contribution < 1.29 is 9.53 Å². The molecule has 0 aromatic carbocycles. The predicted molar refractivity (Wildman–Crippen MR) is 85.6 cm³/mol. The normalized spacial score (nSPS) is 18.0. The summed E-state index contributed by atoms with van der Waals surface area (Å²) >= 11 is 1.27. The summed E-state index contributed by atoms with van der Waals surface area (Å²) in [4.78, 5) is 30.2. The summed E-state index contributed by atoms with van der Waals surface area (Å²) in [5, 5.41) is 3.45. The molecule has 0 spiro atoms. The molecule has 1 N–H and O–H groups in total. The first kappa shape index (κ1) is 15.2. The average molecular weight is 321 g/mol. The second kappa shape index (κ2) is 6.18. The minimum atomic E-state index is -0.154. The minimum absolute atomic E-state index is 0.0839. The van der Waals surface area contributed by atoms with Crippen molar-refractivity contribution in [3.63, 3.8) is 0 Å². The number of hydrogen-bond acceptors (Lipinski definition) is 5. The van der Waals surface area contributed by atoms with Crippen LogP contribution >= 0.6 is 11.3 Å². The highest BCUT2D eigenvalue weighted by molar-refractivity contribution is 7.20. The smallest absolute Gasteiger partial charge is 0.262 e. The van der Waals surface area contributed by atoms with Gasteiger partial charge in [0.15, 0.2) is 0 Å². The fourth-order valence-electron chi connectivity index (χ4n) is 2.69. The van der Waals surface area contributed by atoms with E-state index >= 15 is 0 Å². The number of nitrogens with one attached hydrogen (secondary N) is 1. The Morgan fingerprint density at radius 2 is 2.41 bits per heavy atom. The van der Waals surface area contributed by atoms with Crippen LogP contribution in [0.25, 0.3) is 10.2 Å². The molecule has 0 aliphatic carbocycles. The van der Waals surface area contributed by atoms with Crippen LogP contribution < -0.4 is 10.9 Å². The molecule has 2 aromatic rings. The molecule has 6 nitrogen and oxygen atoms in total. The van der Waals surface area contributed by atoms with Crippen LogP contribution in [-0.4, -0.2) is 34.7 Å². The quantitative estimate of drug-likeness (QED) is 0.930. The lowest BCUT2D eigenvalue weighted by molar-refractivity contribution is 0.0860. The van der Waals surface area contributed by atoms with E-state index < -0.39 is 0 Å². The standard InChI is InChI=1S/C15H19N3O3S/c1-3-18-8-17-14-11(15(18)20)9(2)12(22-14)13(19)16-7-10-5-4-6-21-10/h8,10H,3-7H2,1-2H3,(H,16,19). The fraction of sp³-hybridized carbons (Fsp3) is 0.533. The Kier molecular flexibility index (Phi) is 4.26. The van der Waals surface area contributed by atoms with E-state index in [1.54, 1.807) is 4.57 Å². The first-order valence-electron chi connectivity index (χ1n) is 7.50. The average Bonchev–Trinajstić information content (AvgIpc) is 3.13. The van der Waals surface area contributed by atoms with Crippen molar-refractivity contribution in [1.82, 2.24) is 14.9 Å². The number of aromatic nitrogens is 2. The van der Waals surface area contributed by atoms with Gasteiger partial charge in [-0.1, -0.05) is 0 Å². The maximum Gasteiger partial charge on any atom is 0.262 e. The van der Waals surface area contributed by atoms with Crippen molar-refractivity contribution in [2.75, 3.05) is 13.2 Å². The second-order valence-corrected chi connectivity index (χ2v) is 6.42. The Morgan fingerprint density at radius 1 is 1.59 bits per heavy atom. The lowest BCUT2D eigenvalue weighted by Gasteiger charge is -2.10. The number of fused-ring (bicyclic) bond motifs is 1. The van der Waals surface area contributed by atoms with Crippen LogP contribution in [0.2, 0.25) is 0 Å². The molecule has 3 heterocycles. The van der Waals surface area contributed by atoms with Crippen molar-refractivity contribution in [2.24, 2.45) is 0 Å².